The van der Waals surface area contributed by atoms with Gasteiger partial charge in [0.15, 0.2) is 0 Å². The minimum Gasteiger partial charge on any atom is -0.398 e. The molecule has 0 spiro atoms. The van der Waals surface area contributed by atoms with Crippen LogP contribution in [-0.2, 0) is 6.54 Å². The van der Waals surface area contributed by atoms with Crippen molar-refractivity contribution in [3.8, 4) is 0 Å². The highest BCUT2D eigenvalue weighted by Crippen LogP contribution is 2.08. The van der Waals surface area contributed by atoms with Gasteiger partial charge in [0.25, 0.3) is 5.56 Å². The Morgan fingerprint density at radius 2 is 2.11 bits per heavy atom. The minimum absolute atomic E-state index is 0.0220. The van der Waals surface area contributed by atoms with Crippen LogP contribution in [-0.4, -0.2) is 53.6 Å². The average molecular weight is 264 g/mol. The van der Waals surface area contributed by atoms with Crippen molar-refractivity contribution in [2.45, 2.75) is 25.9 Å². The third-order valence-electron chi connectivity index (χ3n) is 3.82. The summed E-state index contributed by atoms with van der Waals surface area (Å²) in [6.07, 6.45) is 2.92. The monoisotopic (exact) mass is 264 g/mol. The molecule has 1 fully saturated rings. The number of hydrogen-bond acceptors (Lipinski definition) is 4. The number of nitrogen functional groups attached to an aromatic ring is 1. The fraction of sp³-hybridized carbons (Fsp3) is 0.643. The summed E-state index contributed by atoms with van der Waals surface area (Å²) in [5.41, 5.74) is 6.39. The molecular weight excluding hydrogens is 240 g/mol. The molecule has 5 nitrogen and oxygen atoms in total. The van der Waals surface area contributed by atoms with Gasteiger partial charge in [0.05, 0.1) is 0 Å². The first-order valence-corrected chi connectivity index (χ1v) is 6.95. The first-order valence-electron chi connectivity index (χ1n) is 6.95. The van der Waals surface area contributed by atoms with Gasteiger partial charge in [-0.1, -0.05) is 0 Å². The fourth-order valence-electron chi connectivity index (χ4n) is 2.71. The topological polar surface area (TPSA) is 54.5 Å². The van der Waals surface area contributed by atoms with E-state index in [0.717, 1.165) is 26.2 Å². The minimum atomic E-state index is 0.0220. The predicted molar refractivity (Wildman–Crippen MR) is 78.3 cm³/mol. The third-order valence-corrected chi connectivity index (χ3v) is 3.82. The van der Waals surface area contributed by atoms with E-state index in [-0.39, 0.29) is 5.56 Å². The number of likely N-dealkylation sites (N-methyl/N-ethyl adjacent to an activating group) is 1. The van der Waals surface area contributed by atoms with E-state index in [1.54, 1.807) is 16.8 Å². The van der Waals surface area contributed by atoms with Gasteiger partial charge >= 0.3 is 0 Å². The van der Waals surface area contributed by atoms with Crippen LogP contribution in [0.15, 0.2) is 23.1 Å². The van der Waals surface area contributed by atoms with Crippen molar-refractivity contribution in [2.24, 2.45) is 0 Å². The van der Waals surface area contributed by atoms with Gasteiger partial charge < -0.3 is 15.2 Å². The molecule has 0 amide bonds. The van der Waals surface area contributed by atoms with Crippen LogP contribution in [0.4, 0.5) is 5.69 Å². The third kappa shape index (κ3) is 3.81. The smallest absolute Gasteiger partial charge is 0.250 e. The number of nitrogens with two attached hydrogens (primary N) is 1. The Morgan fingerprint density at radius 3 is 2.89 bits per heavy atom. The second kappa shape index (κ2) is 6.21. The Labute approximate surface area is 114 Å². The van der Waals surface area contributed by atoms with Crippen LogP contribution >= 0.6 is 0 Å². The molecule has 0 radical (unpaired) electrons. The molecule has 0 saturated carbocycles. The number of nitrogens with zero attached hydrogens (tertiary/aromatic N) is 3. The zero-order valence-corrected chi connectivity index (χ0v) is 11.9. The summed E-state index contributed by atoms with van der Waals surface area (Å²) >= 11 is 0. The lowest BCUT2D eigenvalue weighted by Crippen LogP contribution is -2.40. The maximum atomic E-state index is 11.7. The fourth-order valence-corrected chi connectivity index (χ4v) is 2.71. The van der Waals surface area contributed by atoms with E-state index in [1.165, 1.54) is 12.5 Å². The normalized spacial score (nSPS) is 22.3. The second-order valence-electron chi connectivity index (χ2n) is 5.49. The van der Waals surface area contributed by atoms with Crippen LogP contribution in [0, 0.1) is 0 Å². The van der Waals surface area contributed by atoms with E-state index < -0.39 is 0 Å². The average Bonchev–Trinajstić information content (AvgIpc) is 2.51. The Kier molecular flexibility index (Phi) is 4.61. The van der Waals surface area contributed by atoms with Crippen molar-refractivity contribution >= 4 is 5.69 Å². The van der Waals surface area contributed by atoms with Gasteiger partial charge in [-0.2, -0.15) is 0 Å². The molecule has 1 aliphatic rings. The van der Waals surface area contributed by atoms with E-state index in [1.807, 2.05) is 0 Å². The molecule has 1 atom stereocenters. The van der Waals surface area contributed by atoms with Crippen molar-refractivity contribution < 1.29 is 0 Å². The molecule has 1 aliphatic heterocycles. The van der Waals surface area contributed by atoms with E-state index in [9.17, 15) is 4.79 Å². The molecule has 0 aliphatic carbocycles. The molecule has 1 saturated heterocycles. The molecule has 1 unspecified atom stereocenters. The Morgan fingerprint density at radius 1 is 1.32 bits per heavy atom. The van der Waals surface area contributed by atoms with Crippen molar-refractivity contribution in [2.75, 3.05) is 39.0 Å². The Balaban J connectivity index is 1.97. The molecule has 2 rings (SSSR count). The van der Waals surface area contributed by atoms with Gasteiger partial charge in [-0.25, -0.2) is 0 Å². The molecule has 0 aromatic carbocycles. The highest BCUT2D eigenvalue weighted by molar-refractivity contribution is 5.33. The lowest BCUT2D eigenvalue weighted by molar-refractivity contribution is 0.195. The SMILES string of the molecule is CC1CN(C)CCCN1CCn1cc(N)ccc1=O. The lowest BCUT2D eigenvalue weighted by Gasteiger charge is -2.28. The van der Waals surface area contributed by atoms with Crippen LogP contribution < -0.4 is 11.3 Å². The molecule has 106 valence electrons. The number of pyridine rings is 1. The summed E-state index contributed by atoms with van der Waals surface area (Å²) in [7, 11) is 2.17. The van der Waals surface area contributed by atoms with Crippen LogP contribution in [0.25, 0.3) is 0 Å². The molecule has 2 N–H and O–H groups in total. The lowest BCUT2D eigenvalue weighted by atomic mass is 10.2. The van der Waals surface area contributed by atoms with Gasteiger partial charge in [-0.15, -0.1) is 0 Å². The van der Waals surface area contributed by atoms with Crippen molar-refractivity contribution in [3.05, 3.63) is 28.7 Å². The van der Waals surface area contributed by atoms with Crippen LogP contribution in [0.1, 0.15) is 13.3 Å². The van der Waals surface area contributed by atoms with Gasteiger partial charge in [0.1, 0.15) is 0 Å². The standard InChI is InChI=1S/C14H24N4O/c1-12-10-16(2)6-3-7-17(12)8-9-18-11-13(15)4-5-14(18)19/h4-5,11-12H,3,6-10,15H2,1-2H3. The van der Waals surface area contributed by atoms with Crippen LogP contribution in [0.3, 0.4) is 0 Å². The number of anilines is 1. The maximum Gasteiger partial charge on any atom is 0.250 e. The zero-order valence-electron chi connectivity index (χ0n) is 11.9. The maximum absolute atomic E-state index is 11.7. The first kappa shape index (κ1) is 14.1. The van der Waals surface area contributed by atoms with Crippen molar-refractivity contribution in [3.63, 3.8) is 0 Å². The van der Waals surface area contributed by atoms with Gasteiger partial charge in [-0.05, 0) is 39.5 Å². The highest BCUT2D eigenvalue weighted by atomic mass is 16.1. The van der Waals surface area contributed by atoms with Gasteiger partial charge in [0.2, 0.25) is 0 Å². The molecular formula is C14H24N4O. The molecule has 19 heavy (non-hydrogen) atoms. The quantitative estimate of drug-likeness (QED) is 0.861. The summed E-state index contributed by atoms with van der Waals surface area (Å²) < 4.78 is 1.71. The van der Waals surface area contributed by atoms with Crippen molar-refractivity contribution in [1.82, 2.24) is 14.4 Å². The van der Waals surface area contributed by atoms with Crippen LogP contribution in [0.5, 0.6) is 0 Å². The number of aromatic nitrogens is 1. The number of rotatable bonds is 3. The molecule has 2 heterocycles. The van der Waals surface area contributed by atoms with E-state index in [0.29, 0.717) is 18.3 Å². The molecule has 1 aromatic rings. The predicted octanol–water partition coefficient (Wildman–Crippen LogP) is 0.457. The second-order valence-corrected chi connectivity index (χ2v) is 5.49. The highest BCUT2D eigenvalue weighted by Gasteiger charge is 2.19. The Hall–Kier alpha value is -1.33. The Bertz CT molecular complexity index is 471. The largest absolute Gasteiger partial charge is 0.398 e. The summed E-state index contributed by atoms with van der Waals surface area (Å²) in [4.78, 5) is 16.6. The van der Waals surface area contributed by atoms with E-state index in [4.69, 9.17) is 5.73 Å². The zero-order chi connectivity index (χ0) is 13.8. The summed E-state index contributed by atoms with van der Waals surface area (Å²) in [6.45, 7) is 7.20. The van der Waals surface area contributed by atoms with Gasteiger partial charge in [-0.3, -0.25) is 9.69 Å². The summed E-state index contributed by atoms with van der Waals surface area (Å²) in [5.74, 6) is 0. The molecule has 1 aromatic heterocycles. The summed E-state index contributed by atoms with van der Waals surface area (Å²) in [6, 6.07) is 3.72. The van der Waals surface area contributed by atoms with Gasteiger partial charge in [0, 0.05) is 43.6 Å². The number of hydrogen-bond donors (Lipinski definition) is 1. The van der Waals surface area contributed by atoms with E-state index in [2.05, 4.69) is 23.8 Å². The summed E-state index contributed by atoms with van der Waals surface area (Å²) in [5, 5.41) is 0. The molecule has 5 heteroatoms. The van der Waals surface area contributed by atoms with E-state index >= 15 is 0 Å². The first-order chi connectivity index (χ1) is 9.06. The molecule has 0 bridgehead atoms. The van der Waals surface area contributed by atoms with Crippen LogP contribution in [0.2, 0.25) is 0 Å². The van der Waals surface area contributed by atoms with Crippen molar-refractivity contribution in [1.29, 1.82) is 0 Å².